The summed E-state index contributed by atoms with van der Waals surface area (Å²) < 4.78 is 0. The van der Waals surface area contributed by atoms with Crippen LogP contribution in [0.25, 0.3) is 0 Å². The Balaban J connectivity index is 2.23. The normalized spacial score (nSPS) is 20.1. The van der Waals surface area contributed by atoms with Crippen LogP contribution in [-0.4, -0.2) is 35.8 Å². The number of hydrogen-bond acceptors (Lipinski definition) is 3. The van der Waals surface area contributed by atoms with Gasteiger partial charge in [0.2, 0.25) is 11.8 Å². The third-order valence-electron chi connectivity index (χ3n) is 3.73. The molecule has 0 aromatic heterocycles. The zero-order chi connectivity index (χ0) is 14.5. The predicted molar refractivity (Wildman–Crippen MR) is 76.7 cm³/mol. The molecule has 1 fully saturated rings. The second-order valence-corrected chi connectivity index (χ2v) is 6.26. The first-order valence-corrected chi connectivity index (χ1v) is 7.46. The summed E-state index contributed by atoms with van der Waals surface area (Å²) in [5, 5.41) is 3.44. The minimum Gasteiger partial charge on any atom is -0.314 e. The topological polar surface area (TPSA) is 49.4 Å². The average Bonchev–Trinajstić information content (AvgIpc) is 2.53. The third kappa shape index (κ3) is 4.60. The average molecular weight is 268 g/mol. The molecule has 4 nitrogen and oxygen atoms in total. The minimum atomic E-state index is -0.493. The van der Waals surface area contributed by atoms with Gasteiger partial charge < -0.3 is 5.32 Å². The minimum absolute atomic E-state index is 0.00495. The first-order valence-electron chi connectivity index (χ1n) is 7.46. The zero-order valence-corrected chi connectivity index (χ0v) is 12.8. The Hall–Kier alpha value is -0.900. The summed E-state index contributed by atoms with van der Waals surface area (Å²) in [6.45, 7) is 9.69. The highest BCUT2D eigenvalue weighted by atomic mass is 16.2. The maximum absolute atomic E-state index is 12.0. The molecule has 0 bridgehead atoms. The van der Waals surface area contributed by atoms with E-state index in [-0.39, 0.29) is 11.8 Å². The van der Waals surface area contributed by atoms with Gasteiger partial charge in [0.25, 0.3) is 0 Å². The molecule has 1 rings (SSSR count). The van der Waals surface area contributed by atoms with Crippen LogP contribution < -0.4 is 5.32 Å². The number of carbonyl (C=O) groups is 2. The fourth-order valence-corrected chi connectivity index (χ4v) is 2.47. The predicted octanol–water partition coefficient (Wildman–Crippen LogP) is 2.33. The summed E-state index contributed by atoms with van der Waals surface area (Å²) in [7, 11) is 0. The Morgan fingerprint density at radius 1 is 1.32 bits per heavy atom. The van der Waals surface area contributed by atoms with Crippen LogP contribution in [0.15, 0.2) is 0 Å². The lowest BCUT2D eigenvalue weighted by Crippen LogP contribution is -2.34. The molecule has 0 aromatic rings. The summed E-state index contributed by atoms with van der Waals surface area (Å²) in [6.07, 6.45) is 4.57. The van der Waals surface area contributed by atoms with Gasteiger partial charge in [0, 0.05) is 19.0 Å². The highest BCUT2D eigenvalue weighted by molar-refractivity contribution is 6.05. The van der Waals surface area contributed by atoms with E-state index in [0.29, 0.717) is 19.0 Å². The monoisotopic (exact) mass is 268 g/mol. The van der Waals surface area contributed by atoms with E-state index in [4.69, 9.17) is 0 Å². The fourth-order valence-electron chi connectivity index (χ4n) is 2.47. The van der Waals surface area contributed by atoms with Crippen molar-refractivity contribution in [1.82, 2.24) is 10.2 Å². The van der Waals surface area contributed by atoms with Crippen LogP contribution in [0.2, 0.25) is 0 Å². The van der Waals surface area contributed by atoms with Crippen molar-refractivity contribution >= 4 is 11.8 Å². The van der Waals surface area contributed by atoms with Crippen LogP contribution >= 0.6 is 0 Å². The van der Waals surface area contributed by atoms with Crippen LogP contribution in [0.1, 0.15) is 59.8 Å². The molecular formula is C15H28N2O2. The van der Waals surface area contributed by atoms with E-state index in [0.717, 1.165) is 32.2 Å². The van der Waals surface area contributed by atoms with Crippen molar-refractivity contribution in [2.75, 3.05) is 13.1 Å². The first kappa shape index (κ1) is 16.2. The molecule has 0 spiro atoms. The molecule has 4 heteroatoms. The number of hydrogen-bond donors (Lipinski definition) is 1. The number of rotatable bonds is 8. The molecule has 1 saturated heterocycles. The van der Waals surface area contributed by atoms with E-state index >= 15 is 0 Å². The van der Waals surface area contributed by atoms with E-state index in [1.165, 1.54) is 4.90 Å². The Labute approximate surface area is 116 Å². The van der Waals surface area contributed by atoms with E-state index in [1.807, 2.05) is 13.8 Å². The summed E-state index contributed by atoms with van der Waals surface area (Å²) in [4.78, 5) is 25.2. The second kappa shape index (κ2) is 7.04. The summed E-state index contributed by atoms with van der Waals surface area (Å²) in [5.74, 6) is -0.0122. The lowest BCUT2D eigenvalue weighted by molar-refractivity contribution is -0.140. The van der Waals surface area contributed by atoms with Gasteiger partial charge in [-0.05, 0) is 32.7 Å². The van der Waals surface area contributed by atoms with Crippen LogP contribution in [0.4, 0.5) is 0 Å². The molecule has 1 atom stereocenters. The van der Waals surface area contributed by atoms with Crippen LogP contribution in [0.5, 0.6) is 0 Å². The van der Waals surface area contributed by atoms with Gasteiger partial charge in [0.05, 0.1) is 5.41 Å². The van der Waals surface area contributed by atoms with Crippen molar-refractivity contribution in [1.29, 1.82) is 0 Å². The Bertz CT molecular complexity index is 326. The van der Waals surface area contributed by atoms with Crippen LogP contribution in [-0.2, 0) is 9.59 Å². The Kier molecular flexibility index (Phi) is 5.98. The number of likely N-dealkylation sites (tertiary alicyclic amines) is 1. The molecule has 0 radical (unpaired) electrons. The largest absolute Gasteiger partial charge is 0.314 e. The molecule has 1 unspecified atom stereocenters. The second-order valence-electron chi connectivity index (χ2n) is 6.26. The summed E-state index contributed by atoms with van der Waals surface area (Å²) >= 11 is 0. The molecule has 0 aliphatic carbocycles. The van der Waals surface area contributed by atoms with Crippen molar-refractivity contribution < 1.29 is 9.59 Å². The highest BCUT2D eigenvalue weighted by Crippen LogP contribution is 2.31. The van der Waals surface area contributed by atoms with Gasteiger partial charge in [0.1, 0.15) is 0 Å². The zero-order valence-electron chi connectivity index (χ0n) is 12.8. The number of nitrogens with one attached hydrogen (secondary N) is 1. The molecule has 0 aromatic carbocycles. The van der Waals surface area contributed by atoms with Crippen LogP contribution in [0.3, 0.4) is 0 Å². The van der Waals surface area contributed by atoms with E-state index < -0.39 is 5.41 Å². The smallest absolute Gasteiger partial charge is 0.235 e. The van der Waals surface area contributed by atoms with Gasteiger partial charge in [-0.25, -0.2) is 0 Å². The van der Waals surface area contributed by atoms with Gasteiger partial charge in [-0.1, -0.05) is 27.2 Å². The van der Waals surface area contributed by atoms with Gasteiger partial charge in [-0.2, -0.15) is 0 Å². The lowest BCUT2D eigenvalue weighted by atomic mass is 9.92. The molecule has 1 aliphatic heterocycles. The van der Waals surface area contributed by atoms with Crippen molar-refractivity contribution in [2.45, 2.75) is 65.8 Å². The molecular weight excluding hydrogens is 240 g/mol. The number of amides is 2. The first-order chi connectivity index (χ1) is 8.88. The molecule has 1 aliphatic rings. The molecule has 19 heavy (non-hydrogen) atoms. The van der Waals surface area contributed by atoms with E-state index in [2.05, 4.69) is 19.2 Å². The van der Waals surface area contributed by atoms with Crippen molar-refractivity contribution in [2.24, 2.45) is 5.41 Å². The van der Waals surface area contributed by atoms with Gasteiger partial charge in [-0.3, -0.25) is 14.5 Å². The summed E-state index contributed by atoms with van der Waals surface area (Å²) in [6, 6.07) is 0.515. The number of imide groups is 1. The van der Waals surface area contributed by atoms with Crippen molar-refractivity contribution in [3.63, 3.8) is 0 Å². The van der Waals surface area contributed by atoms with Gasteiger partial charge in [-0.15, -0.1) is 0 Å². The van der Waals surface area contributed by atoms with Crippen molar-refractivity contribution in [3.05, 3.63) is 0 Å². The lowest BCUT2D eigenvalue weighted by Gasteiger charge is -2.18. The molecule has 0 saturated carbocycles. The number of carbonyl (C=O) groups excluding carboxylic acids is 2. The molecule has 2 amide bonds. The molecule has 110 valence electrons. The third-order valence-corrected chi connectivity index (χ3v) is 3.73. The number of unbranched alkanes of at least 4 members (excludes halogenated alkanes) is 1. The van der Waals surface area contributed by atoms with Gasteiger partial charge in [0.15, 0.2) is 0 Å². The maximum atomic E-state index is 12.0. The molecule has 1 N–H and O–H groups in total. The maximum Gasteiger partial charge on any atom is 0.235 e. The standard InChI is InChI=1S/C15H28N2O2/c1-5-9-16-12(2)8-6-7-10-17-13(18)11-15(3,4)14(17)19/h12,16H,5-11H2,1-4H3. The molecule has 1 heterocycles. The fraction of sp³-hybridized carbons (Fsp3) is 0.867. The van der Waals surface area contributed by atoms with Gasteiger partial charge >= 0.3 is 0 Å². The highest BCUT2D eigenvalue weighted by Gasteiger charge is 2.44. The van der Waals surface area contributed by atoms with E-state index in [1.54, 1.807) is 0 Å². The van der Waals surface area contributed by atoms with Crippen LogP contribution in [0, 0.1) is 5.41 Å². The van der Waals surface area contributed by atoms with E-state index in [9.17, 15) is 9.59 Å². The SMILES string of the molecule is CCCNC(C)CCCCN1C(=O)CC(C)(C)C1=O. The quantitative estimate of drug-likeness (QED) is 0.543. The van der Waals surface area contributed by atoms with Crippen molar-refractivity contribution in [3.8, 4) is 0 Å². The Morgan fingerprint density at radius 3 is 2.53 bits per heavy atom. The number of nitrogens with zero attached hydrogens (tertiary/aromatic N) is 1. The Morgan fingerprint density at radius 2 is 2.00 bits per heavy atom. The summed E-state index contributed by atoms with van der Waals surface area (Å²) in [5.41, 5.74) is -0.493.